The summed E-state index contributed by atoms with van der Waals surface area (Å²) in [4.78, 5) is 8.31. The van der Waals surface area contributed by atoms with Crippen LogP contribution in [0.5, 0.6) is 0 Å². The maximum Gasteiger partial charge on any atom is 0.128 e. The monoisotopic (exact) mass is 287 g/mol. The van der Waals surface area contributed by atoms with Crippen LogP contribution >= 0.6 is 11.3 Å². The van der Waals surface area contributed by atoms with Gasteiger partial charge >= 0.3 is 0 Å². The Kier molecular flexibility index (Phi) is 4.33. The Morgan fingerprint density at radius 3 is 2.85 bits per heavy atom. The maximum absolute atomic E-state index is 4.62. The summed E-state index contributed by atoms with van der Waals surface area (Å²) in [6, 6.07) is 9.37. The summed E-state index contributed by atoms with van der Waals surface area (Å²) < 4.78 is 0. The third-order valence-corrected chi connectivity index (χ3v) is 4.47. The number of pyridine rings is 1. The van der Waals surface area contributed by atoms with E-state index >= 15 is 0 Å². The van der Waals surface area contributed by atoms with Crippen molar-refractivity contribution in [2.75, 3.05) is 11.4 Å². The molecule has 0 aromatic carbocycles. The lowest BCUT2D eigenvalue weighted by atomic mass is 10.2. The summed E-state index contributed by atoms with van der Waals surface area (Å²) in [5.41, 5.74) is 1.27. The fourth-order valence-corrected chi connectivity index (χ4v) is 2.92. The molecule has 3 rings (SSSR count). The second kappa shape index (κ2) is 6.37. The molecular formula is C16H21N3S. The highest BCUT2D eigenvalue weighted by atomic mass is 32.1. The molecule has 1 N–H and O–H groups in total. The number of rotatable bonds is 7. The molecular weight excluding hydrogens is 266 g/mol. The molecule has 3 nitrogen and oxygen atoms in total. The van der Waals surface area contributed by atoms with Crippen molar-refractivity contribution in [1.29, 1.82) is 0 Å². The van der Waals surface area contributed by atoms with Gasteiger partial charge in [-0.15, -0.1) is 11.3 Å². The van der Waals surface area contributed by atoms with Crippen LogP contribution in [0.2, 0.25) is 0 Å². The van der Waals surface area contributed by atoms with E-state index in [9.17, 15) is 0 Å². The highest BCUT2D eigenvalue weighted by Gasteiger charge is 2.19. The summed E-state index contributed by atoms with van der Waals surface area (Å²) in [5, 5.41) is 5.65. The zero-order valence-electron chi connectivity index (χ0n) is 11.9. The molecule has 0 atom stereocenters. The summed E-state index contributed by atoms with van der Waals surface area (Å²) in [5.74, 6) is 1.07. The lowest BCUT2D eigenvalue weighted by molar-refractivity contribution is 0.685. The number of aromatic nitrogens is 1. The van der Waals surface area contributed by atoms with E-state index in [-0.39, 0.29) is 0 Å². The summed E-state index contributed by atoms with van der Waals surface area (Å²) in [7, 11) is 0. The summed E-state index contributed by atoms with van der Waals surface area (Å²) in [6.07, 6.45) is 4.66. The van der Waals surface area contributed by atoms with E-state index in [0.29, 0.717) is 0 Å². The van der Waals surface area contributed by atoms with Gasteiger partial charge in [-0.25, -0.2) is 4.98 Å². The van der Waals surface area contributed by atoms with Gasteiger partial charge < -0.3 is 10.2 Å². The molecule has 1 fully saturated rings. The molecule has 2 heterocycles. The largest absolute Gasteiger partial charge is 0.352 e. The molecule has 2 aromatic rings. The fourth-order valence-electron chi connectivity index (χ4n) is 2.20. The third kappa shape index (κ3) is 3.58. The predicted octanol–water partition coefficient (Wildman–Crippen LogP) is 3.42. The second-order valence-corrected chi connectivity index (χ2v) is 6.31. The van der Waals surface area contributed by atoms with Gasteiger partial charge in [0.2, 0.25) is 0 Å². The minimum Gasteiger partial charge on any atom is -0.352 e. The minimum atomic E-state index is 0.751. The Bertz CT molecular complexity index is 517. The molecule has 0 spiro atoms. The number of anilines is 1. The fraction of sp³-hybridized carbons (Fsp3) is 0.438. The zero-order valence-corrected chi connectivity index (χ0v) is 12.7. The molecule has 1 saturated carbocycles. The molecule has 1 aliphatic rings. The molecule has 20 heavy (non-hydrogen) atoms. The smallest absolute Gasteiger partial charge is 0.128 e. The van der Waals surface area contributed by atoms with Gasteiger partial charge in [-0.1, -0.05) is 12.1 Å². The lowest BCUT2D eigenvalue weighted by Crippen LogP contribution is -2.22. The number of nitrogens with one attached hydrogen (secondary N) is 1. The van der Waals surface area contributed by atoms with Gasteiger partial charge in [-0.3, -0.25) is 0 Å². The average molecular weight is 287 g/mol. The minimum absolute atomic E-state index is 0.751. The van der Waals surface area contributed by atoms with Crippen LogP contribution in [0.1, 0.15) is 30.2 Å². The van der Waals surface area contributed by atoms with Crippen LogP contribution in [0.3, 0.4) is 0 Å². The van der Waals surface area contributed by atoms with E-state index in [1.807, 2.05) is 6.20 Å². The Hall–Kier alpha value is -1.39. The second-order valence-electron chi connectivity index (χ2n) is 5.27. The molecule has 0 bridgehead atoms. The van der Waals surface area contributed by atoms with Crippen LogP contribution in [-0.2, 0) is 13.1 Å². The van der Waals surface area contributed by atoms with E-state index in [0.717, 1.165) is 31.5 Å². The number of hydrogen-bond donors (Lipinski definition) is 1. The number of hydrogen-bond acceptors (Lipinski definition) is 4. The van der Waals surface area contributed by atoms with E-state index in [2.05, 4.69) is 51.8 Å². The topological polar surface area (TPSA) is 28.2 Å². The SMILES string of the molecule is CCN(Cc1cccs1)c1ccc(CNC2CC2)cn1. The predicted molar refractivity (Wildman–Crippen MR) is 85.1 cm³/mol. The van der Waals surface area contributed by atoms with E-state index in [1.165, 1.54) is 23.3 Å². The van der Waals surface area contributed by atoms with Crippen molar-refractivity contribution in [3.63, 3.8) is 0 Å². The van der Waals surface area contributed by atoms with Crippen molar-refractivity contribution in [3.05, 3.63) is 46.3 Å². The molecule has 106 valence electrons. The van der Waals surface area contributed by atoms with Gasteiger partial charge in [-0.05, 0) is 42.8 Å². The maximum atomic E-state index is 4.62. The molecule has 0 amide bonds. The Balaban J connectivity index is 1.61. The van der Waals surface area contributed by atoms with Gasteiger partial charge in [0.05, 0.1) is 6.54 Å². The first-order chi connectivity index (χ1) is 9.85. The van der Waals surface area contributed by atoms with E-state index in [4.69, 9.17) is 0 Å². The summed E-state index contributed by atoms with van der Waals surface area (Å²) in [6.45, 7) is 5.04. The third-order valence-electron chi connectivity index (χ3n) is 3.61. The van der Waals surface area contributed by atoms with Crippen LogP contribution < -0.4 is 10.2 Å². The van der Waals surface area contributed by atoms with Crippen LogP contribution in [0.4, 0.5) is 5.82 Å². The standard InChI is InChI=1S/C16H21N3S/c1-2-19(12-15-4-3-9-20-15)16-8-5-13(11-18-16)10-17-14-6-7-14/h3-5,8-9,11,14,17H,2,6-7,10,12H2,1H3. The zero-order chi connectivity index (χ0) is 13.8. The lowest BCUT2D eigenvalue weighted by Gasteiger charge is -2.21. The van der Waals surface area contributed by atoms with Gasteiger partial charge in [0.25, 0.3) is 0 Å². The van der Waals surface area contributed by atoms with E-state index < -0.39 is 0 Å². The molecule has 4 heteroatoms. The number of thiophene rings is 1. The Morgan fingerprint density at radius 2 is 2.25 bits per heavy atom. The molecule has 0 unspecified atom stereocenters. The first-order valence-corrected chi connectivity index (χ1v) is 8.18. The van der Waals surface area contributed by atoms with Gasteiger partial charge in [-0.2, -0.15) is 0 Å². The Morgan fingerprint density at radius 1 is 1.35 bits per heavy atom. The average Bonchev–Trinajstić information content (AvgIpc) is 3.18. The molecule has 0 aliphatic heterocycles. The Labute approximate surface area is 124 Å². The van der Waals surface area contributed by atoms with Gasteiger partial charge in [0.15, 0.2) is 0 Å². The first-order valence-electron chi connectivity index (χ1n) is 7.31. The van der Waals surface area contributed by atoms with Crippen LogP contribution in [0.25, 0.3) is 0 Å². The molecule has 0 saturated heterocycles. The van der Waals surface area contributed by atoms with Gasteiger partial charge in [0, 0.05) is 30.2 Å². The van der Waals surface area contributed by atoms with Crippen molar-refractivity contribution in [1.82, 2.24) is 10.3 Å². The highest BCUT2D eigenvalue weighted by Crippen LogP contribution is 2.20. The summed E-state index contributed by atoms with van der Waals surface area (Å²) >= 11 is 1.80. The van der Waals surface area contributed by atoms with Crippen molar-refractivity contribution in [2.45, 2.75) is 38.9 Å². The van der Waals surface area contributed by atoms with Crippen molar-refractivity contribution in [2.24, 2.45) is 0 Å². The normalized spacial score (nSPS) is 14.4. The van der Waals surface area contributed by atoms with Crippen LogP contribution in [0.15, 0.2) is 35.8 Å². The molecule has 2 aromatic heterocycles. The van der Waals surface area contributed by atoms with Crippen molar-refractivity contribution >= 4 is 17.2 Å². The van der Waals surface area contributed by atoms with Gasteiger partial charge in [0.1, 0.15) is 5.82 Å². The van der Waals surface area contributed by atoms with Crippen LogP contribution in [0, 0.1) is 0 Å². The number of nitrogens with zero attached hydrogens (tertiary/aromatic N) is 2. The highest BCUT2D eigenvalue weighted by molar-refractivity contribution is 7.09. The first kappa shape index (κ1) is 13.6. The van der Waals surface area contributed by atoms with Crippen molar-refractivity contribution in [3.8, 4) is 0 Å². The quantitative estimate of drug-likeness (QED) is 0.845. The van der Waals surface area contributed by atoms with Crippen LogP contribution in [-0.4, -0.2) is 17.6 Å². The molecule has 1 aliphatic carbocycles. The van der Waals surface area contributed by atoms with Crippen molar-refractivity contribution < 1.29 is 0 Å². The van der Waals surface area contributed by atoms with E-state index in [1.54, 1.807) is 11.3 Å². The molecule has 0 radical (unpaired) electrons.